The number of nitro groups is 1. The standard InChI is InChI=1S/C15H12N4O5/c1-18-7-11(14(17-18)9-4-5-24-8-9)15(21)16-12-6-10(19(22)23)2-3-13(12)20/h2-8,20H,1H3,(H,16,21). The van der Waals surface area contributed by atoms with Gasteiger partial charge < -0.3 is 14.8 Å². The SMILES string of the molecule is Cn1cc(C(=O)Nc2cc([N+](=O)[O-])ccc2O)c(-c2ccoc2)n1. The fourth-order valence-electron chi connectivity index (χ4n) is 2.19. The molecule has 0 saturated carbocycles. The van der Waals surface area contributed by atoms with Gasteiger partial charge in [0, 0.05) is 30.9 Å². The lowest BCUT2D eigenvalue weighted by Crippen LogP contribution is -2.12. The van der Waals surface area contributed by atoms with Crippen molar-refractivity contribution in [2.24, 2.45) is 7.05 Å². The molecule has 2 aromatic heterocycles. The number of phenolic OH excluding ortho intramolecular Hbond substituents is 1. The highest BCUT2D eigenvalue weighted by atomic mass is 16.6. The zero-order valence-corrected chi connectivity index (χ0v) is 12.5. The van der Waals surface area contributed by atoms with Crippen LogP contribution in [0.4, 0.5) is 11.4 Å². The third-order valence-corrected chi connectivity index (χ3v) is 3.31. The summed E-state index contributed by atoms with van der Waals surface area (Å²) >= 11 is 0. The lowest BCUT2D eigenvalue weighted by atomic mass is 10.1. The molecule has 0 atom stereocenters. The topological polar surface area (TPSA) is 123 Å². The lowest BCUT2D eigenvalue weighted by Gasteiger charge is -2.07. The van der Waals surface area contributed by atoms with Crippen molar-refractivity contribution in [2.45, 2.75) is 0 Å². The van der Waals surface area contributed by atoms with E-state index < -0.39 is 10.8 Å². The molecule has 9 heteroatoms. The largest absolute Gasteiger partial charge is 0.506 e. The van der Waals surface area contributed by atoms with Crippen LogP contribution < -0.4 is 5.32 Å². The number of hydrogen-bond acceptors (Lipinski definition) is 6. The maximum atomic E-state index is 12.5. The monoisotopic (exact) mass is 328 g/mol. The molecular weight excluding hydrogens is 316 g/mol. The Morgan fingerprint density at radius 3 is 2.88 bits per heavy atom. The number of furan rings is 1. The van der Waals surface area contributed by atoms with Crippen molar-refractivity contribution in [3.05, 3.63) is 58.7 Å². The number of aryl methyl sites for hydroxylation is 1. The van der Waals surface area contributed by atoms with Crippen LogP contribution in [0.3, 0.4) is 0 Å². The van der Waals surface area contributed by atoms with E-state index in [4.69, 9.17) is 4.42 Å². The minimum atomic E-state index is -0.615. The average molecular weight is 328 g/mol. The van der Waals surface area contributed by atoms with E-state index in [9.17, 15) is 20.0 Å². The molecule has 0 bridgehead atoms. The first-order valence-electron chi connectivity index (χ1n) is 6.80. The predicted octanol–water partition coefficient (Wildman–Crippen LogP) is 2.55. The summed E-state index contributed by atoms with van der Waals surface area (Å²) in [5.41, 5.74) is 0.947. The number of phenols is 1. The van der Waals surface area contributed by atoms with Crippen LogP contribution >= 0.6 is 0 Å². The zero-order valence-electron chi connectivity index (χ0n) is 12.5. The fraction of sp³-hybridized carbons (Fsp3) is 0.0667. The first kappa shape index (κ1) is 15.3. The summed E-state index contributed by atoms with van der Waals surface area (Å²) in [6.07, 6.45) is 4.41. The molecule has 9 nitrogen and oxygen atoms in total. The van der Waals surface area contributed by atoms with Gasteiger partial charge in [0.2, 0.25) is 0 Å². The van der Waals surface area contributed by atoms with Gasteiger partial charge in [-0.25, -0.2) is 0 Å². The molecule has 0 aliphatic carbocycles. The van der Waals surface area contributed by atoms with Gasteiger partial charge in [-0.15, -0.1) is 0 Å². The number of nitrogens with one attached hydrogen (secondary N) is 1. The second-order valence-electron chi connectivity index (χ2n) is 4.99. The molecule has 24 heavy (non-hydrogen) atoms. The maximum absolute atomic E-state index is 12.5. The number of carbonyl (C=O) groups excluding carboxylic acids is 1. The van der Waals surface area contributed by atoms with E-state index in [-0.39, 0.29) is 22.7 Å². The minimum Gasteiger partial charge on any atom is -0.506 e. The third-order valence-electron chi connectivity index (χ3n) is 3.31. The zero-order chi connectivity index (χ0) is 17.3. The van der Waals surface area contributed by atoms with Crippen LogP contribution in [0.15, 0.2) is 47.4 Å². The number of aromatic nitrogens is 2. The second-order valence-corrected chi connectivity index (χ2v) is 4.99. The number of nitro benzene ring substituents is 1. The number of nitrogens with zero attached hydrogens (tertiary/aromatic N) is 3. The molecule has 2 heterocycles. The van der Waals surface area contributed by atoms with E-state index in [1.54, 1.807) is 13.1 Å². The van der Waals surface area contributed by atoms with Gasteiger partial charge in [-0.05, 0) is 12.1 Å². The Kier molecular flexibility index (Phi) is 3.74. The van der Waals surface area contributed by atoms with Crippen molar-refractivity contribution in [1.29, 1.82) is 0 Å². The summed E-state index contributed by atoms with van der Waals surface area (Å²) in [4.78, 5) is 22.7. The van der Waals surface area contributed by atoms with Gasteiger partial charge in [0.15, 0.2) is 0 Å². The summed E-state index contributed by atoms with van der Waals surface area (Å²) in [6, 6.07) is 5.03. The number of aromatic hydroxyl groups is 1. The van der Waals surface area contributed by atoms with Crippen molar-refractivity contribution in [3.8, 4) is 17.0 Å². The molecule has 122 valence electrons. The summed E-state index contributed by atoms with van der Waals surface area (Å²) in [5, 5.41) is 27.3. The van der Waals surface area contributed by atoms with Gasteiger partial charge in [0.05, 0.1) is 28.7 Å². The number of amides is 1. The Bertz CT molecular complexity index is 914. The van der Waals surface area contributed by atoms with E-state index in [2.05, 4.69) is 10.4 Å². The van der Waals surface area contributed by atoms with Crippen molar-refractivity contribution in [3.63, 3.8) is 0 Å². The molecule has 2 N–H and O–H groups in total. The first-order chi connectivity index (χ1) is 11.5. The number of benzene rings is 1. The van der Waals surface area contributed by atoms with Crippen molar-refractivity contribution in [1.82, 2.24) is 9.78 Å². The molecule has 0 aliphatic heterocycles. The van der Waals surface area contributed by atoms with Gasteiger partial charge in [-0.1, -0.05) is 0 Å². The average Bonchev–Trinajstić information content (AvgIpc) is 3.18. The lowest BCUT2D eigenvalue weighted by molar-refractivity contribution is -0.384. The smallest absolute Gasteiger partial charge is 0.271 e. The van der Waals surface area contributed by atoms with Crippen molar-refractivity contribution >= 4 is 17.3 Å². The van der Waals surface area contributed by atoms with E-state index in [0.29, 0.717) is 11.3 Å². The second kappa shape index (κ2) is 5.88. The van der Waals surface area contributed by atoms with Crippen LogP contribution in [-0.2, 0) is 7.05 Å². The van der Waals surface area contributed by atoms with Crippen LogP contribution in [0.5, 0.6) is 5.75 Å². The summed E-state index contributed by atoms with van der Waals surface area (Å²) in [7, 11) is 1.66. The van der Waals surface area contributed by atoms with Gasteiger partial charge in [-0.2, -0.15) is 5.10 Å². The molecule has 0 aliphatic rings. The van der Waals surface area contributed by atoms with Crippen LogP contribution in [0.25, 0.3) is 11.3 Å². The summed E-state index contributed by atoms with van der Waals surface area (Å²) in [5.74, 6) is -0.835. The molecule has 1 aromatic carbocycles. The highest BCUT2D eigenvalue weighted by Crippen LogP contribution is 2.29. The third kappa shape index (κ3) is 2.82. The highest BCUT2D eigenvalue weighted by molar-refractivity contribution is 6.08. The fourth-order valence-corrected chi connectivity index (χ4v) is 2.19. The van der Waals surface area contributed by atoms with Gasteiger partial charge >= 0.3 is 0 Å². The van der Waals surface area contributed by atoms with Gasteiger partial charge in [0.25, 0.3) is 11.6 Å². The molecule has 3 rings (SSSR count). The molecule has 3 aromatic rings. The Morgan fingerprint density at radius 2 is 2.21 bits per heavy atom. The van der Waals surface area contributed by atoms with Crippen LogP contribution in [-0.4, -0.2) is 25.7 Å². The molecule has 1 amide bonds. The number of hydrogen-bond donors (Lipinski definition) is 2. The van der Waals surface area contributed by atoms with Crippen molar-refractivity contribution in [2.75, 3.05) is 5.32 Å². The van der Waals surface area contributed by atoms with E-state index >= 15 is 0 Å². The Labute approximate surface area is 135 Å². The quantitative estimate of drug-likeness (QED) is 0.431. The molecule has 0 unspecified atom stereocenters. The van der Waals surface area contributed by atoms with E-state index in [1.807, 2.05) is 0 Å². The molecular formula is C15H12N4O5. The minimum absolute atomic E-state index is 0.0591. The van der Waals surface area contributed by atoms with Gasteiger partial charge in [0.1, 0.15) is 11.4 Å². The number of non-ortho nitro benzene ring substituents is 1. The summed E-state index contributed by atoms with van der Waals surface area (Å²) in [6.45, 7) is 0. The number of carbonyl (C=O) groups is 1. The Hall–Kier alpha value is -3.62. The predicted molar refractivity (Wildman–Crippen MR) is 83.6 cm³/mol. The van der Waals surface area contributed by atoms with Crippen molar-refractivity contribution < 1.29 is 19.2 Å². The van der Waals surface area contributed by atoms with Crippen LogP contribution in [0.1, 0.15) is 10.4 Å². The Morgan fingerprint density at radius 1 is 1.42 bits per heavy atom. The van der Waals surface area contributed by atoms with E-state index in [0.717, 1.165) is 18.2 Å². The molecule has 0 saturated heterocycles. The number of rotatable bonds is 4. The normalized spacial score (nSPS) is 10.5. The van der Waals surface area contributed by atoms with Gasteiger partial charge in [-0.3, -0.25) is 19.6 Å². The molecule has 0 spiro atoms. The van der Waals surface area contributed by atoms with Crippen LogP contribution in [0, 0.1) is 10.1 Å². The van der Waals surface area contributed by atoms with E-state index in [1.165, 1.54) is 23.4 Å². The summed E-state index contributed by atoms with van der Waals surface area (Å²) < 4.78 is 6.46. The van der Waals surface area contributed by atoms with Crippen LogP contribution in [0.2, 0.25) is 0 Å². The Balaban J connectivity index is 1.94. The number of anilines is 1. The maximum Gasteiger partial charge on any atom is 0.271 e. The molecule has 0 fully saturated rings. The highest BCUT2D eigenvalue weighted by Gasteiger charge is 2.20. The molecule has 0 radical (unpaired) electrons. The first-order valence-corrected chi connectivity index (χ1v) is 6.80.